The van der Waals surface area contributed by atoms with Gasteiger partial charge in [0.1, 0.15) is 5.69 Å². The van der Waals surface area contributed by atoms with Crippen molar-refractivity contribution in [3.63, 3.8) is 0 Å². The van der Waals surface area contributed by atoms with E-state index in [2.05, 4.69) is 23.7 Å². The van der Waals surface area contributed by atoms with Crippen LogP contribution in [0.1, 0.15) is 24.3 Å². The molecule has 4 rings (SSSR count). The molecule has 1 aliphatic rings. The zero-order valence-corrected chi connectivity index (χ0v) is 19.5. The quantitative estimate of drug-likeness (QED) is 0.595. The third-order valence-electron chi connectivity index (χ3n) is 6.12. The van der Waals surface area contributed by atoms with Gasteiger partial charge in [-0.3, -0.25) is 4.79 Å². The van der Waals surface area contributed by atoms with Gasteiger partial charge in [0.2, 0.25) is 0 Å². The molecule has 0 aliphatic carbocycles. The van der Waals surface area contributed by atoms with Crippen LogP contribution in [0.5, 0.6) is 11.5 Å². The van der Waals surface area contributed by atoms with Crippen molar-refractivity contribution in [1.29, 1.82) is 0 Å². The average molecular weight is 447 g/mol. The first-order valence-electron chi connectivity index (χ1n) is 11.0. The molecule has 0 bridgehead atoms. The van der Waals surface area contributed by atoms with Crippen molar-refractivity contribution in [2.75, 3.05) is 37.9 Å². The number of aromatic nitrogens is 1. The van der Waals surface area contributed by atoms with Gasteiger partial charge in [0, 0.05) is 42.1 Å². The first-order chi connectivity index (χ1) is 15.9. The summed E-state index contributed by atoms with van der Waals surface area (Å²) in [7, 11) is 3.20. The molecule has 33 heavy (non-hydrogen) atoms. The van der Waals surface area contributed by atoms with Crippen molar-refractivity contribution < 1.29 is 14.3 Å². The molecule has 1 saturated heterocycles. The number of nitrogens with zero attached hydrogens (tertiary/aromatic N) is 3. The summed E-state index contributed by atoms with van der Waals surface area (Å²) < 4.78 is 10.7. The number of nitrogens with two attached hydrogens (primary N) is 1. The lowest BCUT2D eigenvalue weighted by Gasteiger charge is -2.45. The molecule has 2 unspecified atom stereocenters. The van der Waals surface area contributed by atoms with Crippen LogP contribution in [-0.4, -0.2) is 55.2 Å². The predicted molar refractivity (Wildman–Crippen MR) is 131 cm³/mol. The van der Waals surface area contributed by atoms with Gasteiger partial charge in [-0.1, -0.05) is 6.07 Å². The predicted octanol–water partition coefficient (Wildman–Crippen LogP) is 4.09. The summed E-state index contributed by atoms with van der Waals surface area (Å²) in [6.07, 6.45) is 0. The van der Waals surface area contributed by atoms with E-state index in [1.165, 1.54) is 0 Å². The second-order valence-corrected chi connectivity index (χ2v) is 8.38. The number of carbonyl (C=O) groups excluding carboxylic acids is 1. The number of carbonyl (C=O) groups is 1. The van der Waals surface area contributed by atoms with Crippen molar-refractivity contribution >= 4 is 17.3 Å². The Hall–Kier alpha value is -3.74. The lowest BCUT2D eigenvalue weighted by molar-refractivity contribution is 0.0639. The number of ether oxygens (including phenoxy) is 2. The highest BCUT2D eigenvalue weighted by molar-refractivity contribution is 5.93. The second kappa shape index (κ2) is 9.40. The zero-order chi connectivity index (χ0) is 23.5. The SMILES string of the molecule is COc1ccc(-c2cccc(C(=O)N3CC(C)N(c4ccc(N)cc4)CC3C)n2)cc1OC. The Morgan fingerprint density at radius 3 is 2.36 bits per heavy atom. The van der Waals surface area contributed by atoms with E-state index in [1.54, 1.807) is 20.3 Å². The molecule has 0 radical (unpaired) electrons. The number of rotatable bonds is 5. The number of anilines is 2. The summed E-state index contributed by atoms with van der Waals surface area (Å²) >= 11 is 0. The summed E-state index contributed by atoms with van der Waals surface area (Å²) in [5.74, 6) is 1.21. The van der Waals surface area contributed by atoms with Crippen molar-refractivity contribution in [3.05, 3.63) is 66.4 Å². The van der Waals surface area contributed by atoms with Crippen LogP contribution in [0.4, 0.5) is 11.4 Å². The summed E-state index contributed by atoms with van der Waals surface area (Å²) in [5, 5.41) is 0. The molecular weight excluding hydrogens is 416 g/mol. The lowest BCUT2D eigenvalue weighted by Crippen LogP contribution is -2.58. The normalized spacial score (nSPS) is 18.2. The van der Waals surface area contributed by atoms with Crippen molar-refractivity contribution in [3.8, 4) is 22.8 Å². The number of amides is 1. The maximum Gasteiger partial charge on any atom is 0.272 e. The molecular formula is C26H30N4O3. The number of pyridine rings is 1. The second-order valence-electron chi connectivity index (χ2n) is 8.38. The van der Waals surface area contributed by atoms with Crippen LogP contribution in [0.25, 0.3) is 11.3 Å². The molecule has 1 fully saturated rings. The van der Waals surface area contributed by atoms with Gasteiger partial charge in [0.05, 0.1) is 19.9 Å². The fraction of sp³-hybridized carbons (Fsp3) is 0.308. The highest BCUT2D eigenvalue weighted by atomic mass is 16.5. The summed E-state index contributed by atoms with van der Waals surface area (Å²) in [4.78, 5) is 22.4. The first kappa shape index (κ1) is 22.5. The molecule has 7 heteroatoms. The van der Waals surface area contributed by atoms with E-state index in [1.807, 2.05) is 59.5 Å². The minimum Gasteiger partial charge on any atom is -0.493 e. The number of methoxy groups -OCH3 is 2. The molecule has 0 saturated carbocycles. The Morgan fingerprint density at radius 2 is 1.67 bits per heavy atom. The average Bonchev–Trinajstić information content (AvgIpc) is 2.85. The van der Waals surface area contributed by atoms with E-state index >= 15 is 0 Å². The van der Waals surface area contributed by atoms with E-state index < -0.39 is 0 Å². The highest BCUT2D eigenvalue weighted by Gasteiger charge is 2.33. The molecule has 1 aromatic heterocycles. The smallest absolute Gasteiger partial charge is 0.272 e. The zero-order valence-electron chi connectivity index (χ0n) is 19.5. The third kappa shape index (κ3) is 4.58. The van der Waals surface area contributed by atoms with Crippen LogP contribution < -0.4 is 20.1 Å². The van der Waals surface area contributed by atoms with E-state index in [0.717, 1.165) is 23.5 Å². The molecule has 0 spiro atoms. The fourth-order valence-electron chi connectivity index (χ4n) is 4.29. The highest BCUT2D eigenvalue weighted by Crippen LogP contribution is 2.32. The largest absolute Gasteiger partial charge is 0.493 e. The van der Waals surface area contributed by atoms with Crippen molar-refractivity contribution in [1.82, 2.24) is 9.88 Å². The molecule has 172 valence electrons. The maximum absolute atomic E-state index is 13.4. The summed E-state index contributed by atoms with van der Waals surface area (Å²) in [5.41, 5.74) is 9.70. The van der Waals surface area contributed by atoms with Gasteiger partial charge >= 0.3 is 0 Å². The van der Waals surface area contributed by atoms with Crippen molar-refractivity contribution in [2.24, 2.45) is 0 Å². The van der Waals surface area contributed by atoms with Gasteiger partial charge in [0.25, 0.3) is 5.91 Å². The summed E-state index contributed by atoms with van der Waals surface area (Å²) in [6, 6.07) is 19.2. The Labute approximate surface area is 194 Å². The van der Waals surface area contributed by atoms with Crippen LogP contribution in [0.15, 0.2) is 60.7 Å². The van der Waals surface area contributed by atoms with Gasteiger partial charge in [-0.05, 0) is 68.4 Å². The number of benzene rings is 2. The lowest BCUT2D eigenvalue weighted by atomic mass is 10.1. The molecule has 2 heterocycles. The third-order valence-corrected chi connectivity index (χ3v) is 6.12. The Kier molecular flexibility index (Phi) is 6.40. The van der Waals surface area contributed by atoms with Gasteiger partial charge < -0.3 is 25.0 Å². The molecule has 1 amide bonds. The van der Waals surface area contributed by atoms with Gasteiger partial charge in [0.15, 0.2) is 11.5 Å². The molecule has 1 aliphatic heterocycles. The van der Waals surface area contributed by atoms with Crippen molar-refractivity contribution in [2.45, 2.75) is 25.9 Å². The van der Waals surface area contributed by atoms with Gasteiger partial charge in [-0.25, -0.2) is 4.98 Å². The molecule has 2 N–H and O–H groups in total. The van der Waals surface area contributed by atoms with Crippen LogP contribution in [0, 0.1) is 0 Å². The number of hydrogen-bond acceptors (Lipinski definition) is 6. The minimum absolute atomic E-state index is 0.0396. The van der Waals surface area contributed by atoms with Crippen LogP contribution >= 0.6 is 0 Å². The van der Waals surface area contributed by atoms with Crippen LogP contribution in [0.3, 0.4) is 0 Å². The molecule has 2 aromatic carbocycles. The molecule has 2 atom stereocenters. The first-order valence-corrected chi connectivity index (χ1v) is 11.0. The van der Waals surface area contributed by atoms with Gasteiger partial charge in [-0.15, -0.1) is 0 Å². The Balaban J connectivity index is 1.55. The monoisotopic (exact) mass is 446 g/mol. The Morgan fingerprint density at radius 1 is 0.939 bits per heavy atom. The maximum atomic E-state index is 13.4. The standard InChI is InChI=1S/C26H30N4O3/c1-17-16-30(18(2)15-29(17)21-11-9-20(27)10-12-21)26(31)23-7-5-6-22(28-23)19-8-13-24(32-3)25(14-19)33-4/h5-14,17-18H,15-16,27H2,1-4H3. The van der Waals surface area contributed by atoms with Crippen LogP contribution in [0.2, 0.25) is 0 Å². The van der Waals surface area contributed by atoms with E-state index in [9.17, 15) is 4.79 Å². The van der Waals surface area contributed by atoms with Gasteiger partial charge in [-0.2, -0.15) is 0 Å². The Bertz CT molecular complexity index is 1130. The summed E-state index contributed by atoms with van der Waals surface area (Å²) in [6.45, 7) is 5.57. The number of hydrogen-bond donors (Lipinski definition) is 1. The van der Waals surface area contributed by atoms with Crippen LogP contribution in [-0.2, 0) is 0 Å². The molecule has 7 nitrogen and oxygen atoms in total. The molecule has 3 aromatic rings. The topological polar surface area (TPSA) is 80.9 Å². The van der Waals surface area contributed by atoms with E-state index in [4.69, 9.17) is 15.2 Å². The van der Waals surface area contributed by atoms with E-state index in [-0.39, 0.29) is 18.0 Å². The number of piperazine rings is 1. The minimum atomic E-state index is -0.0615. The fourth-order valence-corrected chi connectivity index (χ4v) is 4.29. The number of nitrogen functional groups attached to an aromatic ring is 1. The van der Waals surface area contributed by atoms with E-state index in [0.29, 0.717) is 29.4 Å².